The Morgan fingerprint density at radius 3 is 2.29 bits per heavy atom. The number of hydrogen-bond donors (Lipinski definition) is 2. The highest BCUT2D eigenvalue weighted by atomic mass is 16.3. The number of nitrogens with one attached hydrogen (secondary N) is 1. The van der Waals surface area contributed by atoms with Gasteiger partial charge in [-0.2, -0.15) is 0 Å². The molecule has 1 rings (SSSR count). The maximum absolute atomic E-state index is 9.00. The molecule has 3 heteroatoms. The second kappa shape index (κ2) is 5.61. The van der Waals surface area contributed by atoms with E-state index in [-0.39, 0.29) is 17.6 Å². The standard InChI is InChI=1S/C14H24N2O/c1-13(2,12-5-8-15-9-6-12)11-16-14(3,4)7-10-17/h5-6,8-9,16-17H,7,10-11H2,1-4H3. The van der Waals surface area contributed by atoms with Crippen LogP contribution in [0.3, 0.4) is 0 Å². The number of pyridine rings is 1. The Labute approximate surface area is 104 Å². The van der Waals surface area contributed by atoms with E-state index in [0.29, 0.717) is 0 Å². The number of aromatic nitrogens is 1. The molecule has 2 N–H and O–H groups in total. The van der Waals surface area contributed by atoms with E-state index in [1.807, 2.05) is 12.4 Å². The molecular weight excluding hydrogens is 212 g/mol. The maximum Gasteiger partial charge on any atom is 0.0448 e. The zero-order valence-corrected chi connectivity index (χ0v) is 11.3. The fourth-order valence-corrected chi connectivity index (χ4v) is 1.73. The molecule has 0 aliphatic rings. The van der Waals surface area contributed by atoms with E-state index in [4.69, 9.17) is 5.11 Å². The second-order valence-electron chi connectivity index (χ2n) is 5.83. The minimum Gasteiger partial charge on any atom is -0.396 e. The van der Waals surface area contributed by atoms with Gasteiger partial charge in [0.15, 0.2) is 0 Å². The summed E-state index contributed by atoms with van der Waals surface area (Å²) in [6, 6.07) is 4.11. The van der Waals surface area contributed by atoms with Crippen LogP contribution in [0.15, 0.2) is 24.5 Å². The van der Waals surface area contributed by atoms with Gasteiger partial charge in [-0.3, -0.25) is 4.98 Å². The smallest absolute Gasteiger partial charge is 0.0448 e. The third kappa shape index (κ3) is 4.44. The minimum absolute atomic E-state index is 0.0287. The third-order valence-corrected chi connectivity index (χ3v) is 3.21. The third-order valence-electron chi connectivity index (χ3n) is 3.21. The monoisotopic (exact) mass is 236 g/mol. The summed E-state index contributed by atoms with van der Waals surface area (Å²) in [7, 11) is 0. The number of aliphatic hydroxyl groups is 1. The largest absolute Gasteiger partial charge is 0.396 e. The van der Waals surface area contributed by atoms with Crippen LogP contribution in [0.4, 0.5) is 0 Å². The van der Waals surface area contributed by atoms with Crippen molar-refractivity contribution in [2.24, 2.45) is 0 Å². The first-order chi connectivity index (χ1) is 7.87. The molecule has 96 valence electrons. The molecule has 17 heavy (non-hydrogen) atoms. The van der Waals surface area contributed by atoms with Crippen LogP contribution in [0.2, 0.25) is 0 Å². The van der Waals surface area contributed by atoms with Gasteiger partial charge in [-0.15, -0.1) is 0 Å². The summed E-state index contributed by atoms with van der Waals surface area (Å²) in [5.74, 6) is 0. The van der Waals surface area contributed by atoms with Crippen LogP contribution in [0.25, 0.3) is 0 Å². The highest BCUT2D eigenvalue weighted by Crippen LogP contribution is 2.22. The molecule has 0 amide bonds. The zero-order chi connectivity index (χ0) is 12.9. The molecule has 1 heterocycles. The van der Waals surface area contributed by atoms with Crippen LogP contribution in [0.5, 0.6) is 0 Å². The minimum atomic E-state index is -0.0287. The lowest BCUT2D eigenvalue weighted by Gasteiger charge is -2.32. The van der Waals surface area contributed by atoms with Gasteiger partial charge in [0.05, 0.1) is 0 Å². The Balaban J connectivity index is 2.62. The molecule has 1 aromatic rings. The van der Waals surface area contributed by atoms with Crippen LogP contribution >= 0.6 is 0 Å². The van der Waals surface area contributed by atoms with Crippen molar-refractivity contribution in [1.29, 1.82) is 0 Å². The molecule has 0 aromatic carbocycles. The number of hydrogen-bond acceptors (Lipinski definition) is 3. The fourth-order valence-electron chi connectivity index (χ4n) is 1.73. The van der Waals surface area contributed by atoms with E-state index < -0.39 is 0 Å². The highest BCUT2D eigenvalue weighted by molar-refractivity contribution is 5.21. The van der Waals surface area contributed by atoms with Crippen molar-refractivity contribution in [2.45, 2.75) is 45.1 Å². The second-order valence-corrected chi connectivity index (χ2v) is 5.83. The van der Waals surface area contributed by atoms with E-state index in [9.17, 15) is 0 Å². The molecule has 3 nitrogen and oxygen atoms in total. The van der Waals surface area contributed by atoms with E-state index in [0.717, 1.165) is 13.0 Å². The van der Waals surface area contributed by atoms with Crippen molar-refractivity contribution in [2.75, 3.05) is 13.2 Å². The predicted octanol–water partition coefficient (Wildman–Crippen LogP) is 2.11. The van der Waals surface area contributed by atoms with E-state index >= 15 is 0 Å². The molecule has 0 spiro atoms. The van der Waals surface area contributed by atoms with E-state index in [1.54, 1.807) is 0 Å². The predicted molar refractivity (Wildman–Crippen MR) is 71.0 cm³/mol. The summed E-state index contributed by atoms with van der Waals surface area (Å²) in [5, 5.41) is 12.5. The van der Waals surface area contributed by atoms with E-state index in [1.165, 1.54) is 5.56 Å². The van der Waals surface area contributed by atoms with Crippen molar-refractivity contribution in [1.82, 2.24) is 10.3 Å². The lowest BCUT2D eigenvalue weighted by molar-refractivity contribution is 0.223. The first kappa shape index (κ1) is 14.1. The van der Waals surface area contributed by atoms with Gasteiger partial charge < -0.3 is 10.4 Å². The lowest BCUT2D eigenvalue weighted by Crippen LogP contribution is -2.46. The molecular formula is C14H24N2O. The summed E-state index contributed by atoms with van der Waals surface area (Å²) in [6.45, 7) is 9.76. The number of aliphatic hydroxyl groups excluding tert-OH is 1. The van der Waals surface area contributed by atoms with Gasteiger partial charge >= 0.3 is 0 Å². The quantitative estimate of drug-likeness (QED) is 0.795. The highest BCUT2D eigenvalue weighted by Gasteiger charge is 2.24. The summed E-state index contributed by atoms with van der Waals surface area (Å²) in [6.07, 6.45) is 4.42. The van der Waals surface area contributed by atoms with Crippen molar-refractivity contribution in [3.8, 4) is 0 Å². The molecule has 0 aliphatic carbocycles. The molecule has 1 aromatic heterocycles. The Hall–Kier alpha value is -0.930. The molecule has 0 fully saturated rings. The van der Waals surface area contributed by atoms with Crippen LogP contribution in [-0.4, -0.2) is 28.8 Å². The molecule has 0 saturated heterocycles. The number of nitrogens with zero attached hydrogens (tertiary/aromatic N) is 1. The van der Waals surface area contributed by atoms with Gasteiger partial charge in [0, 0.05) is 36.5 Å². The van der Waals surface area contributed by atoms with Crippen molar-refractivity contribution in [3.63, 3.8) is 0 Å². The first-order valence-corrected chi connectivity index (χ1v) is 6.14. The molecule has 0 radical (unpaired) electrons. The average molecular weight is 236 g/mol. The van der Waals surface area contributed by atoms with Crippen LogP contribution in [-0.2, 0) is 5.41 Å². The van der Waals surface area contributed by atoms with Crippen LogP contribution < -0.4 is 5.32 Å². The van der Waals surface area contributed by atoms with Crippen LogP contribution in [0, 0.1) is 0 Å². The SMILES string of the molecule is CC(C)(CCO)NCC(C)(C)c1ccncc1. The molecule has 0 saturated carbocycles. The summed E-state index contributed by atoms with van der Waals surface area (Å²) < 4.78 is 0. The van der Waals surface area contributed by atoms with E-state index in [2.05, 4.69) is 50.1 Å². The topological polar surface area (TPSA) is 45.1 Å². The van der Waals surface area contributed by atoms with Crippen molar-refractivity contribution >= 4 is 0 Å². The normalized spacial score (nSPS) is 12.8. The van der Waals surface area contributed by atoms with Gasteiger partial charge in [0.2, 0.25) is 0 Å². The maximum atomic E-state index is 9.00. The van der Waals surface area contributed by atoms with Gasteiger partial charge in [-0.1, -0.05) is 13.8 Å². The van der Waals surface area contributed by atoms with Gasteiger partial charge in [-0.05, 0) is 38.0 Å². The number of rotatable bonds is 6. The van der Waals surface area contributed by atoms with Gasteiger partial charge in [-0.25, -0.2) is 0 Å². The fraction of sp³-hybridized carbons (Fsp3) is 0.643. The van der Waals surface area contributed by atoms with Gasteiger partial charge in [0.25, 0.3) is 0 Å². The molecule has 0 atom stereocenters. The Morgan fingerprint density at radius 2 is 1.76 bits per heavy atom. The molecule has 0 bridgehead atoms. The summed E-state index contributed by atoms with van der Waals surface area (Å²) in [4.78, 5) is 4.04. The summed E-state index contributed by atoms with van der Waals surface area (Å²) >= 11 is 0. The Kier molecular flexibility index (Phi) is 4.66. The lowest BCUT2D eigenvalue weighted by atomic mass is 9.84. The molecule has 0 unspecified atom stereocenters. The molecule has 0 aliphatic heterocycles. The van der Waals surface area contributed by atoms with Crippen molar-refractivity contribution in [3.05, 3.63) is 30.1 Å². The zero-order valence-electron chi connectivity index (χ0n) is 11.3. The Morgan fingerprint density at radius 1 is 1.18 bits per heavy atom. The van der Waals surface area contributed by atoms with Gasteiger partial charge in [0.1, 0.15) is 0 Å². The Bertz CT molecular complexity index is 333. The average Bonchev–Trinajstić information content (AvgIpc) is 2.28. The van der Waals surface area contributed by atoms with Crippen molar-refractivity contribution < 1.29 is 5.11 Å². The first-order valence-electron chi connectivity index (χ1n) is 6.14. The summed E-state index contributed by atoms with van der Waals surface area (Å²) in [5.41, 5.74) is 1.31. The van der Waals surface area contributed by atoms with Crippen LogP contribution in [0.1, 0.15) is 39.7 Å².